The van der Waals surface area contributed by atoms with Gasteiger partial charge < -0.3 is 10.8 Å². The van der Waals surface area contributed by atoms with Crippen molar-refractivity contribution < 1.29 is 9.50 Å². The zero-order chi connectivity index (χ0) is 10.7. The summed E-state index contributed by atoms with van der Waals surface area (Å²) >= 11 is 0. The largest absolute Gasteiger partial charge is 0.507 e. The first-order valence-electron chi connectivity index (χ1n) is 4.81. The highest BCUT2D eigenvalue weighted by Crippen LogP contribution is 2.30. The first-order chi connectivity index (χ1) is 6.57. The highest BCUT2D eigenvalue weighted by atomic mass is 19.1. The monoisotopic (exact) mass is 197 g/mol. The van der Waals surface area contributed by atoms with Gasteiger partial charge in [0.25, 0.3) is 0 Å². The Morgan fingerprint density at radius 3 is 2.71 bits per heavy atom. The summed E-state index contributed by atoms with van der Waals surface area (Å²) in [7, 11) is 0. The standard InChI is InChI=1S/C11H16FNO/c1-3-4-9(13)10-8(12)6-5-7(2)11(10)14/h5-6,9,14H,3-4,13H2,1-2H3/t9-/m0/s1. The van der Waals surface area contributed by atoms with E-state index < -0.39 is 11.9 Å². The lowest BCUT2D eigenvalue weighted by molar-refractivity contribution is 0.440. The summed E-state index contributed by atoms with van der Waals surface area (Å²) < 4.78 is 13.4. The lowest BCUT2D eigenvalue weighted by Gasteiger charge is -2.14. The van der Waals surface area contributed by atoms with Crippen molar-refractivity contribution in [2.24, 2.45) is 5.73 Å². The molecule has 0 unspecified atom stereocenters. The number of rotatable bonds is 3. The molecular weight excluding hydrogens is 181 g/mol. The fraction of sp³-hybridized carbons (Fsp3) is 0.455. The quantitative estimate of drug-likeness (QED) is 0.782. The Balaban J connectivity index is 3.11. The molecule has 1 rings (SSSR count). The van der Waals surface area contributed by atoms with Gasteiger partial charge in [-0.15, -0.1) is 0 Å². The van der Waals surface area contributed by atoms with Crippen molar-refractivity contribution >= 4 is 0 Å². The number of phenols is 1. The molecule has 2 nitrogen and oxygen atoms in total. The summed E-state index contributed by atoms with van der Waals surface area (Å²) in [6, 6.07) is 2.48. The van der Waals surface area contributed by atoms with Crippen LogP contribution in [0.25, 0.3) is 0 Å². The third-order valence-electron chi connectivity index (χ3n) is 2.34. The molecule has 0 saturated carbocycles. The molecule has 3 heteroatoms. The van der Waals surface area contributed by atoms with Crippen LogP contribution in [0.15, 0.2) is 12.1 Å². The predicted octanol–water partition coefficient (Wildman–Crippen LogP) is 2.64. The van der Waals surface area contributed by atoms with Crippen LogP contribution in [0.4, 0.5) is 4.39 Å². The van der Waals surface area contributed by atoms with Crippen molar-refractivity contribution in [1.82, 2.24) is 0 Å². The van der Waals surface area contributed by atoms with Gasteiger partial charge in [-0.05, 0) is 25.0 Å². The molecule has 0 fully saturated rings. The average molecular weight is 197 g/mol. The van der Waals surface area contributed by atoms with Crippen molar-refractivity contribution in [3.05, 3.63) is 29.1 Å². The first-order valence-corrected chi connectivity index (χ1v) is 4.81. The maximum atomic E-state index is 13.4. The molecule has 0 aliphatic carbocycles. The van der Waals surface area contributed by atoms with E-state index in [1.165, 1.54) is 6.07 Å². The Hall–Kier alpha value is -1.09. The smallest absolute Gasteiger partial charge is 0.131 e. The minimum absolute atomic E-state index is 0.00838. The molecule has 14 heavy (non-hydrogen) atoms. The van der Waals surface area contributed by atoms with E-state index in [4.69, 9.17) is 5.73 Å². The SMILES string of the molecule is CCC[C@H](N)c1c(F)ccc(C)c1O. The molecule has 0 aliphatic rings. The number of hydrogen-bond donors (Lipinski definition) is 2. The van der Waals surface area contributed by atoms with Crippen molar-refractivity contribution in [3.63, 3.8) is 0 Å². The Labute approximate surface area is 83.6 Å². The lowest BCUT2D eigenvalue weighted by atomic mass is 9.99. The molecule has 0 spiro atoms. The third-order valence-corrected chi connectivity index (χ3v) is 2.34. The maximum absolute atomic E-state index is 13.4. The van der Waals surface area contributed by atoms with Crippen LogP contribution in [-0.2, 0) is 0 Å². The summed E-state index contributed by atoms with van der Waals surface area (Å²) in [4.78, 5) is 0. The molecule has 0 saturated heterocycles. The van der Waals surface area contributed by atoms with E-state index in [1.54, 1.807) is 13.0 Å². The van der Waals surface area contributed by atoms with Crippen LogP contribution in [0.3, 0.4) is 0 Å². The van der Waals surface area contributed by atoms with E-state index in [9.17, 15) is 9.50 Å². The Bertz CT molecular complexity index is 325. The second-order valence-corrected chi connectivity index (χ2v) is 3.52. The number of benzene rings is 1. The molecule has 1 aromatic rings. The van der Waals surface area contributed by atoms with Gasteiger partial charge in [0, 0.05) is 11.6 Å². The molecule has 78 valence electrons. The van der Waals surface area contributed by atoms with Gasteiger partial charge in [-0.25, -0.2) is 4.39 Å². The fourth-order valence-corrected chi connectivity index (χ4v) is 1.50. The van der Waals surface area contributed by atoms with E-state index in [1.807, 2.05) is 6.92 Å². The number of aryl methyl sites for hydroxylation is 1. The van der Waals surface area contributed by atoms with Crippen LogP contribution in [-0.4, -0.2) is 5.11 Å². The fourth-order valence-electron chi connectivity index (χ4n) is 1.50. The first kappa shape index (κ1) is 11.0. The van der Waals surface area contributed by atoms with Crippen LogP contribution in [0.1, 0.15) is 36.9 Å². The van der Waals surface area contributed by atoms with Gasteiger partial charge in [-0.3, -0.25) is 0 Å². The third kappa shape index (κ3) is 2.04. The Morgan fingerprint density at radius 2 is 2.14 bits per heavy atom. The summed E-state index contributed by atoms with van der Waals surface area (Å²) in [5.74, 6) is -0.431. The molecule has 1 aromatic carbocycles. The number of phenolic OH excluding ortho intramolecular Hbond substituents is 1. The number of aromatic hydroxyl groups is 1. The molecule has 1 atom stereocenters. The van der Waals surface area contributed by atoms with Crippen LogP contribution in [0, 0.1) is 12.7 Å². The number of nitrogens with two attached hydrogens (primary N) is 1. The van der Waals surface area contributed by atoms with E-state index >= 15 is 0 Å². The summed E-state index contributed by atoms with van der Waals surface area (Å²) in [5, 5.41) is 9.66. The second kappa shape index (κ2) is 4.42. The Morgan fingerprint density at radius 1 is 1.50 bits per heavy atom. The van der Waals surface area contributed by atoms with Crippen LogP contribution in [0.2, 0.25) is 0 Å². The lowest BCUT2D eigenvalue weighted by Crippen LogP contribution is -2.12. The highest BCUT2D eigenvalue weighted by Gasteiger charge is 2.16. The van der Waals surface area contributed by atoms with Gasteiger partial charge in [0.2, 0.25) is 0 Å². The number of halogens is 1. The average Bonchev–Trinajstić information content (AvgIpc) is 2.13. The summed E-state index contributed by atoms with van der Waals surface area (Å²) in [6.07, 6.45) is 1.54. The van der Waals surface area contributed by atoms with Gasteiger partial charge in [0.1, 0.15) is 11.6 Å². The van der Waals surface area contributed by atoms with E-state index in [0.717, 1.165) is 6.42 Å². The second-order valence-electron chi connectivity index (χ2n) is 3.52. The minimum Gasteiger partial charge on any atom is -0.507 e. The number of hydrogen-bond acceptors (Lipinski definition) is 2. The van der Waals surface area contributed by atoms with E-state index in [0.29, 0.717) is 12.0 Å². The molecule has 0 aliphatic heterocycles. The van der Waals surface area contributed by atoms with Gasteiger partial charge in [0.15, 0.2) is 0 Å². The van der Waals surface area contributed by atoms with Crippen molar-refractivity contribution in [2.45, 2.75) is 32.7 Å². The van der Waals surface area contributed by atoms with Gasteiger partial charge in [-0.1, -0.05) is 19.4 Å². The molecular formula is C11H16FNO. The molecule has 0 amide bonds. The minimum atomic E-state index is -0.422. The van der Waals surface area contributed by atoms with Gasteiger partial charge in [0.05, 0.1) is 0 Å². The maximum Gasteiger partial charge on any atom is 0.131 e. The molecule has 3 N–H and O–H groups in total. The zero-order valence-electron chi connectivity index (χ0n) is 8.55. The summed E-state index contributed by atoms with van der Waals surface area (Å²) in [5.41, 5.74) is 6.68. The van der Waals surface area contributed by atoms with Gasteiger partial charge in [-0.2, -0.15) is 0 Å². The van der Waals surface area contributed by atoms with Crippen LogP contribution >= 0.6 is 0 Å². The van der Waals surface area contributed by atoms with Gasteiger partial charge >= 0.3 is 0 Å². The zero-order valence-corrected chi connectivity index (χ0v) is 8.55. The molecule has 0 aromatic heterocycles. The van der Waals surface area contributed by atoms with E-state index in [-0.39, 0.29) is 11.3 Å². The van der Waals surface area contributed by atoms with E-state index in [2.05, 4.69) is 0 Å². The highest BCUT2D eigenvalue weighted by molar-refractivity contribution is 5.42. The Kier molecular flexibility index (Phi) is 3.47. The normalized spacial score (nSPS) is 12.9. The molecule has 0 radical (unpaired) electrons. The topological polar surface area (TPSA) is 46.2 Å². The van der Waals surface area contributed by atoms with Crippen LogP contribution in [0.5, 0.6) is 5.75 Å². The van der Waals surface area contributed by atoms with Crippen molar-refractivity contribution in [2.75, 3.05) is 0 Å². The van der Waals surface area contributed by atoms with Crippen molar-refractivity contribution in [1.29, 1.82) is 0 Å². The molecule has 0 heterocycles. The van der Waals surface area contributed by atoms with Crippen LogP contribution < -0.4 is 5.73 Å². The van der Waals surface area contributed by atoms with Crippen molar-refractivity contribution in [3.8, 4) is 5.75 Å². The molecule has 0 bridgehead atoms. The summed E-state index contributed by atoms with van der Waals surface area (Å²) in [6.45, 7) is 3.71. The predicted molar refractivity (Wildman–Crippen MR) is 54.6 cm³/mol.